The van der Waals surface area contributed by atoms with Gasteiger partial charge in [0.05, 0.1) is 6.10 Å². The van der Waals surface area contributed by atoms with Crippen LogP contribution in [0.4, 0.5) is 5.69 Å². The summed E-state index contributed by atoms with van der Waals surface area (Å²) in [5.41, 5.74) is 2.26. The summed E-state index contributed by atoms with van der Waals surface area (Å²) in [6.45, 7) is 8.92. The van der Waals surface area contributed by atoms with E-state index >= 15 is 0 Å². The van der Waals surface area contributed by atoms with Crippen molar-refractivity contribution < 1.29 is 4.74 Å². The molecule has 6 heteroatoms. The molecule has 2 rings (SSSR count). The molecule has 0 heterocycles. The summed E-state index contributed by atoms with van der Waals surface area (Å²) in [7, 11) is 4.27. The number of unbranched alkanes of at least 4 members (excludes halogenated alkanes) is 3. The molecule has 1 fully saturated rings. The third-order valence-electron chi connectivity index (χ3n) is 6.17. The van der Waals surface area contributed by atoms with Crippen LogP contribution in [0, 0.1) is 6.92 Å². The molecule has 0 aromatic heterocycles. The monoisotopic (exact) mass is 509 g/mol. The summed E-state index contributed by atoms with van der Waals surface area (Å²) >= 11 is 9.19. The molecule has 1 aromatic carbocycles. The van der Waals surface area contributed by atoms with E-state index in [0.717, 1.165) is 60.7 Å². The molecule has 0 amide bonds. The molecule has 0 unspecified atom stereocenters. The number of ether oxygens (including phenoxy) is 1. The standard InChI is InChI=1S/C25H40BrN3OS/c1-5-16-28(3)17-8-6-7-9-18-30-23-13-11-22(12-14-23)29(4)25(31)27-24-15-10-21(26)19-20(24)2/h5,10,15,19,22-23H,1,6-9,11-14,16-18H2,2-4H3,(H,27,31)/t22-,23-. The first kappa shape index (κ1) is 26.3. The summed E-state index contributed by atoms with van der Waals surface area (Å²) in [4.78, 5) is 4.55. The number of nitrogens with zero attached hydrogens (tertiary/aromatic N) is 2. The van der Waals surface area contributed by atoms with E-state index in [9.17, 15) is 0 Å². The number of anilines is 1. The Balaban J connectivity index is 1.59. The summed E-state index contributed by atoms with van der Waals surface area (Å²) in [6, 6.07) is 6.71. The highest BCUT2D eigenvalue weighted by atomic mass is 79.9. The Bertz CT molecular complexity index is 691. The Morgan fingerprint density at radius 2 is 1.90 bits per heavy atom. The lowest BCUT2D eigenvalue weighted by atomic mass is 9.92. The molecular weight excluding hydrogens is 470 g/mol. The Morgan fingerprint density at radius 3 is 2.58 bits per heavy atom. The van der Waals surface area contributed by atoms with Gasteiger partial charge in [-0.15, -0.1) is 6.58 Å². The van der Waals surface area contributed by atoms with Crippen LogP contribution >= 0.6 is 28.1 Å². The molecule has 174 valence electrons. The summed E-state index contributed by atoms with van der Waals surface area (Å²) < 4.78 is 7.25. The van der Waals surface area contributed by atoms with Crippen molar-refractivity contribution in [1.29, 1.82) is 0 Å². The van der Waals surface area contributed by atoms with Crippen molar-refractivity contribution in [3.8, 4) is 0 Å². The lowest BCUT2D eigenvalue weighted by Crippen LogP contribution is -2.42. The normalized spacial score (nSPS) is 18.7. The summed E-state index contributed by atoms with van der Waals surface area (Å²) in [6.07, 6.45) is 11.9. The first-order chi connectivity index (χ1) is 14.9. The smallest absolute Gasteiger partial charge is 0.173 e. The second kappa shape index (κ2) is 14.2. The molecule has 1 saturated carbocycles. The fourth-order valence-electron chi connectivity index (χ4n) is 4.13. The molecule has 0 atom stereocenters. The number of thiocarbonyl (C=S) groups is 1. The van der Waals surface area contributed by atoms with E-state index in [4.69, 9.17) is 17.0 Å². The summed E-state index contributed by atoms with van der Waals surface area (Å²) in [5.74, 6) is 0. The van der Waals surface area contributed by atoms with Crippen molar-refractivity contribution in [1.82, 2.24) is 9.80 Å². The number of benzene rings is 1. The van der Waals surface area contributed by atoms with E-state index < -0.39 is 0 Å². The topological polar surface area (TPSA) is 27.7 Å². The van der Waals surface area contributed by atoms with E-state index in [1.165, 1.54) is 31.2 Å². The minimum Gasteiger partial charge on any atom is -0.378 e. The van der Waals surface area contributed by atoms with E-state index in [2.05, 4.69) is 70.8 Å². The van der Waals surface area contributed by atoms with Crippen LogP contribution in [0.5, 0.6) is 0 Å². The third kappa shape index (κ3) is 9.60. The molecule has 0 spiro atoms. The molecule has 1 aliphatic rings. The van der Waals surface area contributed by atoms with Crippen LogP contribution in [0.2, 0.25) is 0 Å². The number of hydrogen-bond acceptors (Lipinski definition) is 3. The number of aryl methyl sites for hydroxylation is 1. The molecule has 1 aliphatic carbocycles. The third-order valence-corrected chi connectivity index (χ3v) is 7.05. The molecule has 0 bridgehead atoms. The van der Waals surface area contributed by atoms with Crippen LogP contribution in [0.25, 0.3) is 0 Å². The minimum atomic E-state index is 0.415. The Morgan fingerprint density at radius 1 is 1.19 bits per heavy atom. The van der Waals surface area contributed by atoms with Crippen molar-refractivity contribution in [3.05, 3.63) is 40.9 Å². The van der Waals surface area contributed by atoms with Gasteiger partial charge in [-0.2, -0.15) is 0 Å². The zero-order valence-electron chi connectivity index (χ0n) is 19.5. The van der Waals surface area contributed by atoms with Crippen molar-refractivity contribution in [2.75, 3.05) is 39.1 Å². The maximum atomic E-state index is 6.17. The number of hydrogen-bond donors (Lipinski definition) is 1. The number of rotatable bonds is 12. The van der Waals surface area contributed by atoms with Gasteiger partial charge in [0.1, 0.15) is 0 Å². The minimum absolute atomic E-state index is 0.415. The fraction of sp³-hybridized carbons (Fsp3) is 0.640. The predicted octanol–water partition coefficient (Wildman–Crippen LogP) is 6.39. The fourth-order valence-corrected chi connectivity index (χ4v) is 4.87. The van der Waals surface area contributed by atoms with Crippen LogP contribution in [-0.2, 0) is 4.74 Å². The molecule has 0 aliphatic heterocycles. The lowest BCUT2D eigenvalue weighted by Gasteiger charge is -2.36. The van der Waals surface area contributed by atoms with Crippen molar-refractivity contribution in [2.45, 2.75) is 70.4 Å². The first-order valence-corrected chi connectivity index (χ1v) is 12.8. The SMILES string of the molecule is C=CCN(C)CCCCCCO[C@H]1CC[C@H](N(C)C(=S)Nc2ccc(Br)cc2C)CC1. The van der Waals surface area contributed by atoms with Crippen LogP contribution in [0.15, 0.2) is 35.3 Å². The van der Waals surface area contributed by atoms with Crippen LogP contribution in [0.3, 0.4) is 0 Å². The Labute approximate surface area is 203 Å². The van der Waals surface area contributed by atoms with Gasteiger partial charge >= 0.3 is 0 Å². The van der Waals surface area contributed by atoms with Crippen LogP contribution in [-0.4, -0.2) is 60.8 Å². The van der Waals surface area contributed by atoms with Crippen molar-refractivity contribution in [2.24, 2.45) is 0 Å². The quantitative estimate of drug-likeness (QED) is 0.200. The molecule has 4 nitrogen and oxygen atoms in total. The van der Waals surface area contributed by atoms with E-state index in [1.54, 1.807) is 0 Å². The van der Waals surface area contributed by atoms with Crippen molar-refractivity contribution >= 4 is 38.9 Å². The van der Waals surface area contributed by atoms with Crippen molar-refractivity contribution in [3.63, 3.8) is 0 Å². The van der Waals surface area contributed by atoms with Gasteiger partial charge in [-0.05, 0) is 95.0 Å². The molecule has 31 heavy (non-hydrogen) atoms. The predicted molar refractivity (Wildman–Crippen MR) is 141 cm³/mol. The summed E-state index contributed by atoms with van der Waals surface area (Å²) in [5, 5.41) is 4.22. The zero-order chi connectivity index (χ0) is 22.6. The highest BCUT2D eigenvalue weighted by Gasteiger charge is 2.25. The van der Waals surface area contributed by atoms with E-state index in [0.29, 0.717) is 12.1 Å². The highest BCUT2D eigenvalue weighted by Crippen LogP contribution is 2.26. The largest absolute Gasteiger partial charge is 0.378 e. The van der Waals surface area contributed by atoms with E-state index in [1.807, 2.05) is 12.1 Å². The van der Waals surface area contributed by atoms with Gasteiger partial charge in [0.25, 0.3) is 0 Å². The molecule has 0 radical (unpaired) electrons. The van der Waals surface area contributed by atoms with Gasteiger partial charge in [-0.25, -0.2) is 0 Å². The molecule has 0 saturated heterocycles. The van der Waals surface area contributed by atoms with Crippen LogP contribution in [0.1, 0.15) is 56.9 Å². The van der Waals surface area contributed by atoms with Gasteiger partial charge in [0.15, 0.2) is 5.11 Å². The average molecular weight is 511 g/mol. The second-order valence-corrected chi connectivity index (χ2v) is 10.1. The van der Waals surface area contributed by atoms with Gasteiger partial charge in [-0.1, -0.05) is 34.8 Å². The lowest BCUT2D eigenvalue weighted by molar-refractivity contribution is 0.0149. The second-order valence-electron chi connectivity index (χ2n) is 8.77. The van der Waals surface area contributed by atoms with Gasteiger partial charge < -0.3 is 19.9 Å². The molecule has 1 aromatic rings. The van der Waals surface area contributed by atoms with Gasteiger partial charge in [0, 0.05) is 36.4 Å². The maximum Gasteiger partial charge on any atom is 0.173 e. The average Bonchev–Trinajstić information content (AvgIpc) is 2.75. The highest BCUT2D eigenvalue weighted by molar-refractivity contribution is 9.10. The first-order valence-electron chi connectivity index (χ1n) is 11.6. The number of nitrogens with one attached hydrogen (secondary N) is 1. The zero-order valence-corrected chi connectivity index (χ0v) is 21.9. The number of halogens is 1. The van der Waals surface area contributed by atoms with Gasteiger partial charge in [0.2, 0.25) is 0 Å². The van der Waals surface area contributed by atoms with Crippen LogP contribution < -0.4 is 5.32 Å². The van der Waals surface area contributed by atoms with Gasteiger partial charge in [-0.3, -0.25) is 0 Å². The maximum absolute atomic E-state index is 6.17. The Hall–Kier alpha value is -0.950. The number of likely N-dealkylation sites (N-methyl/N-ethyl adjacent to an activating group) is 1. The molecule has 1 N–H and O–H groups in total. The Kier molecular flexibility index (Phi) is 12.1. The molecular formula is C25H40BrN3OS. The van der Waals surface area contributed by atoms with E-state index in [-0.39, 0.29) is 0 Å².